The van der Waals surface area contributed by atoms with Gasteiger partial charge in [0.25, 0.3) is 0 Å². The maximum absolute atomic E-state index is 9.97. The number of β-amino-alcohol motifs (C(OH)–C–C–N with tert-alkyl or cyclic N) is 1. The normalized spacial score (nSPS) is 19.3. The van der Waals surface area contributed by atoms with E-state index < -0.39 is 6.10 Å². The molecule has 1 aromatic carbocycles. The van der Waals surface area contributed by atoms with Gasteiger partial charge in [0, 0.05) is 13.2 Å². The van der Waals surface area contributed by atoms with Crippen molar-refractivity contribution < 1.29 is 14.9 Å². The van der Waals surface area contributed by atoms with Crippen LogP contribution in [0.5, 0.6) is 5.75 Å². The third kappa shape index (κ3) is 4.82. The zero-order chi connectivity index (χ0) is 13.5. The first kappa shape index (κ1) is 14.3. The van der Waals surface area contributed by atoms with E-state index in [1.807, 2.05) is 30.3 Å². The third-order valence-corrected chi connectivity index (χ3v) is 3.62. The Labute approximate surface area is 114 Å². The lowest BCUT2D eigenvalue weighted by molar-refractivity contribution is 0.0488. The molecule has 4 heteroatoms. The number of rotatable bonds is 6. The fraction of sp³-hybridized carbons (Fsp3) is 0.600. The minimum absolute atomic E-state index is 0.285. The van der Waals surface area contributed by atoms with Crippen LogP contribution in [0.4, 0.5) is 0 Å². The summed E-state index contributed by atoms with van der Waals surface area (Å²) in [5, 5.41) is 19.1. The Balaban J connectivity index is 1.66. The Kier molecular flexibility index (Phi) is 5.63. The lowest BCUT2D eigenvalue weighted by Crippen LogP contribution is -2.41. The first-order valence-electron chi connectivity index (χ1n) is 6.97. The van der Waals surface area contributed by atoms with Crippen molar-refractivity contribution in [2.24, 2.45) is 5.92 Å². The van der Waals surface area contributed by atoms with Gasteiger partial charge >= 0.3 is 0 Å². The monoisotopic (exact) mass is 265 g/mol. The number of hydrogen-bond donors (Lipinski definition) is 2. The van der Waals surface area contributed by atoms with Crippen molar-refractivity contribution in [3.63, 3.8) is 0 Å². The zero-order valence-electron chi connectivity index (χ0n) is 11.2. The molecule has 1 atom stereocenters. The summed E-state index contributed by atoms with van der Waals surface area (Å²) in [6.07, 6.45) is 1.57. The maximum atomic E-state index is 9.97. The molecular weight excluding hydrogens is 242 g/mol. The first-order chi connectivity index (χ1) is 9.28. The van der Waals surface area contributed by atoms with Gasteiger partial charge in [0.05, 0.1) is 0 Å². The number of aliphatic hydroxyl groups excluding tert-OH is 2. The molecule has 4 nitrogen and oxygen atoms in total. The SMILES string of the molecule is OCC1CCN(CC(O)COc2ccccc2)CC1. The standard InChI is InChI=1S/C15H23NO3/c17-11-13-6-8-16(9-7-13)10-14(18)12-19-15-4-2-1-3-5-15/h1-5,13-14,17-18H,6-12H2. The van der Waals surface area contributed by atoms with E-state index in [1.54, 1.807) is 0 Å². The lowest BCUT2D eigenvalue weighted by atomic mass is 9.98. The van der Waals surface area contributed by atoms with Gasteiger partial charge in [0.2, 0.25) is 0 Å². The highest BCUT2D eigenvalue weighted by Gasteiger charge is 2.20. The van der Waals surface area contributed by atoms with Gasteiger partial charge < -0.3 is 19.8 Å². The van der Waals surface area contributed by atoms with Crippen LogP contribution in [0.3, 0.4) is 0 Å². The molecule has 1 aromatic rings. The number of aliphatic hydroxyl groups is 2. The highest BCUT2D eigenvalue weighted by atomic mass is 16.5. The molecule has 1 aliphatic rings. The molecular formula is C15H23NO3. The average molecular weight is 265 g/mol. The van der Waals surface area contributed by atoms with Crippen molar-refractivity contribution in [1.82, 2.24) is 4.90 Å². The van der Waals surface area contributed by atoms with Gasteiger partial charge in [-0.15, -0.1) is 0 Å². The molecule has 0 amide bonds. The van der Waals surface area contributed by atoms with E-state index in [9.17, 15) is 5.11 Å². The maximum Gasteiger partial charge on any atom is 0.119 e. The van der Waals surface area contributed by atoms with Crippen LogP contribution in [-0.2, 0) is 0 Å². The van der Waals surface area contributed by atoms with E-state index in [4.69, 9.17) is 9.84 Å². The summed E-state index contributed by atoms with van der Waals surface area (Å²) in [6.45, 7) is 3.16. The largest absolute Gasteiger partial charge is 0.491 e. The van der Waals surface area contributed by atoms with Gasteiger partial charge in [0.1, 0.15) is 18.5 Å². The molecule has 0 spiro atoms. The summed E-state index contributed by atoms with van der Waals surface area (Å²) in [5.74, 6) is 1.23. The summed E-state index contributed by atoms with van der Waals surface area (Å²) < 4.78 is 5.53. The molecule has 1 saturated heterocycles. The Morgan fingerprint density at radius 2 is 1.89 bits per heavy atom. The molecule has 0 aliphatic carbocycles. The van der Waals surface area contributed by atoms with Crippen molar-refractivity contribution in [2.45, 2.75) is 18.9 Å². The van der Waals surface area contributed by atoms with Crippen molar-refractivity contribution >= 4 is 0 Å². The molecule has 2 N–H and O–H groups in total. The Morgan fingerprint density at radius 1 is 1.21 bits per heavy atom. The number of ether oxygens (including phenoxy) is 1. The summed E-state index contributed by atoms with van der Waals surface area (Å²) in [7, 11) is 0. The second kappa shape index (κ2) is 7.48. The average Bonchev–Trinajstić information content (AvgIpc) is 2.47. The second-order valence-electron chi connectivity index (χ2n) is 5.20. The first-order valence-corrected chi connectivity index (χ1v) is 6.97. The van der Waals surface area contributed by atoms with Crippen LogP contribution >= 0.6 is 0 Å². The Bertz CT molecular complexity index is 350. The minimum Gasteiger partial charge on any atom is -0.491 e. The van der Waals surface area contributed by atoms with E-state index in [-0.39, 0.29) is 6.61 Å². The molecule has 2 rings (SSSR count). The topological polar surface area (TPSA) is 52.9 Å². The van der Waals surface area contributed by atoms with Crippen LogP contribution in [0.1, 0.15) is 12.8 Å². The molecule has 0 radical (unpaired) electrons. The fourth-order valence-electron chi connectivity index (χ4n) is 2.41. The molecule has 1 fully saturated rings. The predicted octanol–water partition coefficient (Wildman–Crippen LogP) is 1.13. The molecule has 0 bridgehead atoms. The van der Waals surface area contributed by atoms with Crippen molar-refractivity contribution in [3.05, 3.63) is 30.3 Å². The lowest BCUT2D eigenvalue weighted by Gasteiger charge is -2.32. The molecule has 0 aromatic heterocycles. The highest BCUT2D eigenvalue weighted by Crippen LogP contribution is 2.16. The number of benzene rings is 1. The fourth-order valence-corrected chi connectivity index (χ4v) is 2.41. The van der Waals surface area contributed by atoms with Gasteiger partial charge in [-0.05, 0) is 44.0 Å². The summed E-state index contributed by atoms with van der Waals surface area (Å²) in [5.41, 5.74) is 0. The van der Waals surface area contributed by atoms with Crippen LogP contribution in [0.25, 0.3) is 0 Å². The van der Waals surface area contributed by atoms with Gasteiger partial charge in [-0.2, -0.15) is 0 Å². The van der Waals surface area contributed by atoms with Gasteiger partial charge in [-0.1, -0.05) is 18.2 Å². The number of likely N-dealkylation sites (tertiary alicyclic amines) is 1. The van der Waals surface area contributed by atoms with Gasteiger partial charge in [-0.3, -0.25) is 0 Å². The van der Waals surface area contributed by atoms with Crippen LogP contribution in [-0.4, -0.2) is 54.1 Å². The molecule has 1 aliphatic heterocycles. The highest BCUT2D eigenvalue weighted by molar-refractivity contribution is 5.20. The number of hydrogen-bond acceptors (Lipinski definition) is 4. The molecule has 1 unspecified atom stereocenters. The van der Waals surface area contributed by atoms with Crippen LogP contribution in [0.15, 0.2) is 30.3 Å². The number of piperidine rings is 1. The molecule has 106 valence electrons. The number of nitrogens with zero attached hydrogens (tertiary/aromatic N) is 1. The minimum atomic E-state index is -0.467. The van der Waals surface area contributed by atoms with E-state index in [1.165, 1.54) is 0 Å². The van der Waals surface area contributed by atoms with Crippen LogP contribution in [0, 0.1) is 5.92 Å². The van der Waals surface area contributed by atoms with E-state index >= 15 is 0 Å². The molecule has 1 heterocycles. The zero-order valence-corrected chi connectivity index (χ0v) is 11.2. The van der Waals surface area contributed by atoms with Crippen LogP contribution < -0.4 is 4.74 Å². The van der Waals surface area contributed by atoms with E-state index in [0.29, 0.717) is 19.1 Å². The summed E-state index contributed by atoms with van der Waals surface area (Å²) >= 11 is 0. The van der Waals surface area contributed by atoms with E-state index in [0.717, 1.165) is 31.7 Å². The predicted molar refractivity (Wildman–Crippen MR) is 74.2 cm³/mol. The smallest absolute Gasteiger partial charge is 0.119 e. The van der Waals surface area contributed by atoms with E-state index in [2.05, 4.69) is 4.90 Å². The summed E-state index contributed by atoms with van der Waals surface area (Å²) in [6, 6.07) is 9.55. The molecule has 0 saturated carbocycles. The van der Waals surface area contributed by atoms with Gasteiger partial charge in [0.15, 0.2) is 0 Å². The van der Waals surface area contributed by atoms with Crippen LogP contribution in [0.2, 0.25) is 0 Å². The summed E-state index contributed by atoms with van der Waals surface area (Å²) in [4.78, 5) is 2.24. The van der Waals surface area contributed by atoms with Crippen molar-refractivity contribution in [2.75, 3.05) is 32.8 Å². The van der Waals surface area contributed by atoms with Crippen molar-refractivity contribution in [3.8, 4) is 5.75 Å². The number of para-hydroxylation sites is 1. The van der Waals surface area contributed by atoms with Crippen molar-refractivity contribution in [1.29, 1.82) is 0 Å². The second-order valence-corrected chi connectivity index (χ2v) is 5.20. The Hall–Kier alpha value is -1.10. The van der Waals surface area contributed by atoms with Gasteiger partial charge in [-0.25, -0.2) is 0 Å². The quantitative estimate of drug-likeness (QED) is 0.809. The Morgan fingerprint density at radius 3 is 2.53 bits per heavy atom. The molecule has 19 heavy (non-hydrogen) atoms. The third-order valence-electron chi connectivity index (χ3n) is 3.62.